The normalized spacial score (nSPS) is 21.9. The minimum absolute atomic E-state index is 0.184. The quantitative estimate of drug-likeness (QED) is 0.700. The first kappa shape index (κ1) is 18.8. The lowest BCUT2D eigenvalue weighted by Gasteiger charge is -2.37. The van der Waals surface area contributed by atoms with Crippen molar-refractivity contribution < 1.29 is 9.53 Å². The predicted molar refractivity (Wildman–Crippen MR) is 115 cm³/mol. The van der Waals surface area contributed by atoms with Gasteiger partial charge in [-0.3, -0.25) is 14.7 Å². The van der Waals surface area contributed by atoms with E-state index in [0.29, 0.717) is 23.3 Å². The van der Waals surface area contributed by atoms with Gasteiger partial charge in [0.05, 0.1) is 5.56 Å². The van der Waals surface area contributed by atoms with Crippen LogP contribution in [0.4, 0.5) is 0 Å². The Labute approximate surface area is 179 Å². The van der Waals surface area contributed by atoms with Crippen LogP contribution in [0.2, 0.25) is 0 Å². The van der Waals surface area contributed by atoms with Crippen molar-refractivity contribution in [3.05, 3.63) is 83.7 Å². The molecule has 3 heterocycles. The van der Waals surface area contributed by atoms with Gasteiger partial charge in [-0.1, -0.05) is 36.4 Å². The molecule has 0 radical (unpaired) electrons. The van der Waals surface area contributed by atoms with Gasteiger partial charge in [-0.05, 0) is 29.3 Å². The Hall–Kier alpha value is -4.18. The van der Waals surface area contributed by atoms with E-state index in [0.717, 1.165) is 16.7 Å². The third-order valence-electron chi connectivity index (χ3n) is 5.85. The van der Waals surface area contributed by atoms with Crippen LogP contribution in [-0.4, -0.2) is 28.8 Å². The monoisotopic (exact) mass is 409 g/mol. The van der Waals surface area contributed by atoms with E-state index in [-0.39, 0.29) is 18.0 Å². The van der Waals surface area contributed by atoms with Crippen molar-refractivity contribution in [2.75, 3.05) is 7.05 Å². The molecule has 2 atom stereocenters. The lowest BCUT2D eigenvalue weighted by Crippen LogP contribution is -2.43. The van der Waals surface area contributed by atoms with Crippen LogP contribution >= 0.6 is 0 Å². The van der Waals surface area contributed by atoms with E-state index in [1.807, 2.05) is 48.5 Å². The van der Waals surface area contributed by atoms with E-state index in [1.165, 1.54) is 11.1 Å². The number of guanidine groups is 1. The molecule has 0 saturated heterocycles. The molecule has 0 fully saturated rings. The fraction of sp³-hybridized carbons (Fsp3) is 0.167. The number of nitrogens with zero attached hydrogens (tertiary/aromatic N) is 4. The Morgan fingerprint density at radius 2 is 1.97 bits per heavy atom. The van der Waals surface area contributed by atoms with Crippen LogP contribution in [0.1, 0.15) is 29.2 Å². The lowest BCUT2D eigenvalue weighted by molar-refractivity contribution is -0.132. The number of fused-ring (bicyclic) bond motifs is 2. The number of aromatic nitrogens is 1. The number of hydrogen-bond donors (Lipinski definition) is 1. The molecule has 2 aliphatic rings. The summed E-state index contributed by atoms with van der Waals surface area (Å²) in [5, 5.41) is 9.21. The van der Waals surface area contributed by atoms with Gasteiger partial charge < -0.3 is 10.5 Å². The highest BCUT2D eigenvalue weighted by Crippen LogP contribution is 2.50. The summed E-state index contributed by atoms with van der Waals surface area (Å²) in [7, 11) is 1.63. The summed E-state index contributed by atoms with van der Waals surface area (Å²) in [6.45, 7) is 0. The number of aliphatic imine (C=N–C) groups is 1. The second kappa shape index (κ2) is 6.96. The van der Waals surface area contributed by atoms with Gasteiger partial charge >= 0.3 is 0 Å². The molecule has 31 heavy (non-hydrogen) atoms. The molecule has 1 spiro atoms. The third-order valence-corrected chi connectivity index (χ3v) is 5.85. The molecular weight excluding hydrogens is 390 g/mol. The Kier molecular flexibility index (Phi) is 4.22. The molecule has 2 aromatic carbocycles. The number of rotatable bonds is 2. The second-order valence-electron chi connectivity index (χ2n) is 7.70. The van der Waals surface area contributed by atoms with E-state index in [4.69, 9.17) is 10.5 Å². The van der Waals surface area contributed by atoms with E-state index < -0.39 is 5.54 Å². The van der Waals surface area contributed by atoms with Gasteiger partial charge in [0.1, 0.15) is 17.9 Å². The van der Waals surface area contributed by atoms with Gasteiger partial charge in [0.15, 0.2) is 11.5 Å². The molecule has 2 aliphatic heterocycles. The van der Waals surface area contributed by atoms with Crippen LogP contribution in [0, 0.1) is 11.3 Å². The maximum absolute atomic E-state index is 13.4. The molecule has 1 amide bonds. The number of nitriles is 1. The molecule has 0 saturated carbocycles. The Bertz CT molecular complexity index is 1260. The number of likely N-dealkylation sites (N-methyl/N-ethyl adjacent to an activating group) is 1. The van der Waals surface area contributed by atoms with Crippen LogP contribution in [0.3, 0.4) is 0 Å². The maximum Gasteiger partial charge on any atom is 0.261 e. The molecule has 0 bridgehead atoms. The van der Waals surface area contributed by atoms with E-state index >= 15 is 0 Å². The van der Waals surface area contributed by atoms with Crippen molar-refractivity contribution in [1.29, 1.82) is 5.26 Å². The van der Waals surface area contributed by atoms with Crippen LogP contribution in [-0.2, 0) is 10.3 Å². The minimum atomic E-state index is -1.16. The van der Waals surface area contributed by atoms with Gasteiger partial charge in [-0.15, -0.1) is 0 Å². The number of nitrogens with two attached hydrogens (primary N) is 1. The summed E-state index contributed by atoms with van der Waals surface area (Å²) in [5.74, 6) is 0.591. The maximum atomic E-state index is 13.4. The zero-order chi connectivity index (χ0) is 21.6. The molecule has 2 N–H and O–H groups in total. The molecule has 2 unspecified atom stereocenters. The van der Waals surface area contributed by atoms with E-state index in [2.05, 4.69) is 16.0 Å². The van der Waals surface area contributed by atoms with Crippen LogP contribution in [0.25, 0.3) is 11.1 Å². The molecule has 5 rings (SSSR count). The molecule has 152 valence electrons. The van der Waals surface area contributed by atoms with Crippen LogP contribution in [0.5, 0.6) is 5.75 Å². The number of hydrogen-bond acceptors (Lipinski definition) is 6. The van der Waals surface area contributed by atoms with Crippen molar-refractivity contribution in [3.8, 4) is 22.9 Å². The Morgan fingerprint density at radius 1 is 1.16 bits per heavy atom. The summed E-state index contributed by atoms with van der Waals surface area (Å²) in [5.41, 5.74) is 8.60. The fourth-order valence-corrected chi connectivity index (χ4v) is 4.23. The summed E-state index contributed by atoms with van der Waals surface area (Å²) in [6, 6.07) is 19.3. The summed E-state index contributed by atoms with van der Waals surface area (Å²) < 4.78 is 6.31. The van der Waals surface area contributed by atoms with Gasteiger partial charge in [0.2, 0.25) is 0 Å². The Morgan fingerprint density at radius 3 is 2.68 bits per heavy atom. The number of ether oxygens (including phenoxy) is 1. The molecule has 0 aliphatic carbocycles. The first-order chi connectivity index (χ1) is 15.0. The highest BCUT2D eigenvalue weighted by molar-refractivity contribution is 6.07. The van der Waals surface area contributed by atoms with Crippen LogP contribution < -0.4 is 10.5 Å². The van der Waals surface area contributed by atoms with Crippen LogP contribution in [0.15, 0.2) is 72.0 Å². The first-order valence-electron chi connectivity index (χ1n) is 9.87. The van der Waals surface area contributed by atoms with Gasteiger partial charge in [0.25, 0.3) is 5.91 Å². The van der Waals surface area contributed by atoms with Gasteiger partial charge in [0, 0.05) is 37.0 Å². The largest absolute Gasteiger partial charge is 0.485 e. The number of benzene rings is 2. The van der Waals surface area contributed by atoms with Crippen molar-refractivity contribution in [2.45, 2.75) is 18.1 Å². The van der Waals surface area contributed by atoms with Crippen molar-refractivity contribution in [1.82, 2.24) is 9.88 Å². The number of carbonyl (C=O) groups is 1. The fourth-order valence-electron chi connectivity index (χ4n) is 4.23. The Balaban J connectivity index is 1.68. The molecule has 3 aromatic rings. The van der Waals surface area contributed by atoms with Crippen molar-refractivity contribution in [2.24, 2.45) is 10.7 Å². The van der Waals surface area contributed by atoms with E-state index in [9.17, 15) is 10.1 Å². The average molecular weight is 409 g/mol. The molecular formula is C24H19N5O2. The topological polar surface area (TPSA) is 105 Å². The van der Waals surface area contributed by atoms with Gasteiger partial charge in [-0.25, -0.2) is 4.99 Å². The highest BCUT2D eigenvalue weighted by atomic mass is 16.5. The lowest BCUT2D eigenvalue weighted by atomic mass is 9.79. The smallest absolute Gasteiger partial charge is 0.261 e. The molecule has 7 nitrogen and oxygen atoms in total. The summed E-state index contributed by atoms with van der Waals surface area (Å²) in [6.07, 6.45) is 3.20. The van der Waals surface area contributed by atoms with Crippen molar-refractivity contribution >= 4 is 11.9 Å². The number of carbonyl (C=O) groups excluding carboxylic acids is 1. The standard InChI is InChI=1S/C24H19N5O2/c1-29-22(30)24(28-23(29)26)11-21(16-5-3-2-4-6-16)31-20-8-7-17(10-19(20)24)18-9-15(12-25)13-27-14-18/h2-10,13-14,21H,11H2,1H3,(H2,26,28). The predicted octanol–water partition coefficient (Wildman–Crippen LogP) is 3.13. The second-order valence-corrected chi connectivity index (χ2v) is 7.70. The molecule has 1 aromatic heterocycles. The molecule has 7 heteroatoms. The average Bonchev–Trinajstić information content (AvgIpc) is 3.03. The third kappa shape index (κ3) is 2.92. The van der Waals surface area contributed by atoms with E-state index in [1.54, 1.807) is 19.3 Å². The SMILES string of the molecule is CN1C(=O)C2(CC(c3ccccc3)Oc3ccc(-c4cncc(C#N)c4)cc32)N=C1N. The number of amides is 1. The number of pyridine rings is 1. The van der Waals surface area contributed by atoms with Gasteiger partial charge in [-0.2, -0.15) is 5.26 Å². The summed E-state index contributed by atoms with van der Waals surface area (Å²) >= 11 is 0. The zero-order valence-electron chi connectivity index (χ0n) is 16.8. The zero-order valence-corrected chi connectivity index (χ0v) is 16.8. The van der Waals surface area contributed by atoms with Crippen molar-refractivity contribution in [3.63, 3.8) is 0 Å². The minimum Gasteiger partial charge on any atom is -0.485 e. The highest BCUT2D eigenvalue weighted by Gasteiger charge is 2.53. The summed E-state index contributed by atoms with van der Waals surface area (Å²) in [4.78, 5) is 23.6. The first-order valence-corrected chi connectivity index (χ1v) is 9.87.